The summed E-state index contributed by atoms with van der Waals surface area (Å²) < 4.78 is 22.1. The number of amides is 1. The van der Waals surface area contributed by atoms with E-state index in [4.69, 9.17) is 10.7 Å². The van der Waals surface area contributed by atoms with E-state index in [1.165, 1.54) is 24.3 Å². The summed E-state index contributed by atoms with van der Waals surface area (Å²) >= 11 is 0. The molecule has 0 atom stereocenters. The zero-order valence-corrected chi connectivity index (χ0v) is 12.6. The highest BCUT2D eigenvalue weighted by molar-refractivity contribution is 8.13. The van der Waals surface area contributed by atoms with E-state index in [2.05, 4.69) is 19.2 Å². The Morgan fingerprint density at radius 2 is 1.74 bits per heavy atom. The lowest BCUT2D eigenvalue weighted by molar-refractivity contribution is 0.0946. The standard InChI is InChI=1S/C13H18ClNO3S/c1-3-10(4-2)9-15-13(16)11-5-7-12(8-6-11)19(14,17)18/h5-8,10H,3-4,9H2,1-2H3,(H,15,16). The van der Waals surface area contributed by atoms with Gasteiger partial charge in [-0.05, 0) is 30.2 Å². The van der Waals surface area contributed by atoms with E-state index in [1.54, 1.807) is 0 Å². The van der Waals surface area contributed by atoms with Gasteiger partial charge in [-0.3, -0.25) is 4.79 Å². The molecule has 1 aromatic rings. The van der Waals surface area contributed by atoms with Crippen LogP contribution >= 0.6 is 10.7 Å². The zero-order valence-electron chi connectivity index (χ0n) is 11.0. The second-order valence-electron chi connectivity index (χ2n) is 4.35. The Labute approximate surface area is 118 Å². The molecule has 106 valence electrons. The molecule has 0 aliphatic carbocycles. The number of nitrogens with one attached hydrogen (secondary N) is 1. The maximum absolute atomic E-state index is 11.8. The lowest BCUT2D eigenvalue weighted by atomic mass is 10.0. The highest BCUT2D eigenvalue weighted by atomic mass is 35.7. The molecule has 0 aromatic heterocycles. The number of hydrogen-bond acceptors (Lipinski definition) is 3. The average Bonchev–Trinajstić information content (AvgIpc) is 2.39. The van der Waals surface area contributed by atoms with Crippen molar-refractivity contribution in [2.24, 2.45) is 5.92 Å². The Balaban J connectivity index is 2.68. The molecular formula is C13H18ClNO3S. The Hall–Kier alpha value is -1.07. The molecule has 0 radical (unpaired) electrons. The molecule has 6 heteroatoms. The van der Waals surface area contributed by atoms with Crippen LogP contribution in [-0.2, 0) is 9.05 Å². The second-order valence-corrected chi connectivity index (χ2v) is 6.92. The number of hydrogen-bond donors (Lipinski definition) is 1. The molecule has 19 heavy (non-hydrogen) atoms. The maximum atomic E-state index is 11.8. The normalized spacial score (nSPS) is 11.6. The van der Waals surface area contributed by atoms with Crippen LogP contribution in [0.3, 0.4) is 0 Å². The first-order chi connectivity index (χ1) is 8.88. The first kappa shape index (κ1) is 16.0. The third-order valence-corrected chi connectivity index (χ3v) is 4.47. The van der Waals surface area contributed by atoms with E-state index in [1.807, 2.05) is 0 Å². The van der Waals surface area contributed by atoms with Crippen molar-refractivity contribution >= 4 is 25.6 Å². The Morgan fingerprint density at radius 3 is 2.16 bits per heavy atom. The molecule has 1 aromatic carbocycles. The lowest BCUT2D eigenvalue weighted by Crippen LogP contribution is -2.28. The zero-order chi connectivity index (χ0) is 14.5. The van der Waals surface area contributed by atoms with Gasteiger partial charge in [0.2, 0.25) is 0 Å². The number of carbonyl (C=O) groups excluding carboxylic acids is 1. The molecule has 0 fully saturated rings. The molecule has 0 heterocycles. The van der Waals surface area contributed by atoms with Gasteiger partial charge in [0.1, 0.15) is 0 Å². The van der Waals surface area contributed by atoms with Crippen molar-refractivity contribution in [1.29, 1.82) is 0 Å². The molecule has 1 N–H and O–H groups in total. The quantitative estimate of drug-likeness (QED) is 0.822. The minimum atomic E-state index is -3.74. The van der Waals surface area contributed by atoms with E-state index in [0.29, 0.717) is 18.0 Å². The van der Waals surface area contributed by atoms with Crippen LogP contribution in [0.2, 0.25) is 0 Å². The minimum Gasteiger partial charge on any atom is -0.352 e. The summed E-state index contributed by atoms with van der Waals surface area (Å²) in [5.41, 5.74) is 0.426. The molecule has 1 amide bonds. The van der Waals surface area contributed by atoms with Crippen molar-refractivity contribution in [2.75, 3.05) is 6.54 Å². The highest BCUT2D eigenvalue weighted by Gasteiger charge is 2.12. The molecule has 0 spiro atoms. The number of benzene rings is 1. The van der Waals surface area contributed by atoms with Crippen LogP contribution in [0.4, 0.5) is 0 Å². The van der Waals surface area contributed by atoms with Crippen LogP contribution in [0.5, 0.6) is 0 Å². The largest absolute Gasteiger partial charge is 0.352 e. The summed E-state index contributed by atoms with van der Waals surface area (Å²) in [6.45, 7) is 4.79. The van der Waals surface area contributed by atoms with Gasteiger partial charge in [0.25, 0.3) is 15.0 Å². The van der Waals surface area contributed by atoms with Gasteiger partial charge in [-0.15, -0.1) is 0 Å². The van der Waals surface area contributed by atoms with Crippen LogP contribution in [0.15, 0.2) is 29.2 Å². The fourth-order valence-corrected chi connectivity index (χ4v) is 2.46. The number of rotatable bonds is 6. The van der Waals surface area contributed by atoms with E-state index < -0.39 is 9.05 Å². The van der Waals surface area contributed by atoms with Crippen molar-refractivity contribution < 1.29 is 13.2 Å². The molecule has 0 saturated carbocycles. The molecule has 1 rings (SSSR count). The summed E-state index contributed by atoms with van der Waals surface area (Å²) in [5, 5.41) is 2.84. The number of carbonyl (C=O) groups is 1. The molecule has 0 aliphatic rings. The predicted molar refractivity (Wildman–Crippen MR) is 75.9 cm³/mol. The first-order valence-electron chi connectivity index (χ1n) is 6.21. The van der Waals surface area contributed by atoms with Gasteiger partial charge in [0.05, 0.1) is 4.90 Å². The Kier molecular flexibility index (Phi) is 5.82. The van der Waals surface area contributed by atoms with Gasteiger partial charge in [-0.25, -0.2) is 8.42 Å². The van der Waals surface area contributed by atoms with Gasteiger partial charge < -0.3 is 5.32 Å². The van der Waals surface area contributed by atoms with Crippen LogP contribution in [-0.4, -0.2) is 20.9 Å². The van der Waals surface area contributed by atoms with Gasteiger partial charge in [-0.1, -0.05) is 26.7 Å². The molecule has 0 bridgehead atoms. The van der Waals surface area contributed by atoms with Crippen molar-refractivity contribution in [1.82, 2.24) is 5.32 Å². The predicted octanol–water partition coefficient (Wildman–Crippen LogP) is 2.78. The van der Waals surface area contributed by atoms with Gasteiger partial charge in [-0.2, -0.15) is 0 Å². The first-order valence-corrected chi connectivity index (χ1v) is 8.52. The molecule has 0 aliphatic heterocycles. The molecular weight excluding hydrogens is 286 g/mol. The van der Waals surface area contributed by atoms with Crippen LogP contribution in [0, 0.1) is 5.92 Å². The van der Waals surface area contributed by atoms with Gasteiger partial charge in [0, 0.05) is 22.8 Å². The SMILES string of the molecule is CCC(CC)CNC(=O)c1ccc(S(=O)(=O)Cl)cc1. The lowest BCUT2D eigenvalue weighted by Gasteiger charge is -2.13. The Morgan fingerprint density at radius 1 is 1.21 bits per heavy atom. The van der Waals surface area contributed by atoms with E-state index in [-0.39, 0.29) is 10.8 Å². The van der Waals surface area contributed by atoms with E-state index in [9.17, 15) is 13.2 Å². The summed E-state index contributed by atoms with van der Waals surface area (Å²) in [6.07, 6.45) is 2.03. The van der Waals surface area contributed by atoms with Crippen molar-refractivity contribution in [3.05, 3.63) is 29.8 Å². The fourth-order valence-electron chi connectivity index (χ4n) is 1.69. The van der Waals surface area contributed by atoms with Crippen molar-refractivity contribution in [3.63, 3.8) is 0 Å². The Bertz CT molecular complexity index is 521. The fraction of sp³-hybridized carbons (Fsp3) is 0.462. The molecule has 0 unspecified atom stereocenters. The summed E-state index contributed by atoms with van der Waals surface area (Å²) in [7, 11) is 1.46. The number of halogens is 1. The van der Waals surface area contributed by atoms with Crippen LogP contribution < -0.4 is 5.32 Å². The van der Waals surface area contributed by atoms with Crippen LogP contribution in [0.25, 0.3) is 0 Å². The van der Waals surface area contributed by atoms with Gasteiger partial charge >= 0.3 is 0 Å². The molecule has 0 saturated heterocycles. The molecule has 4 nitrogen and oxygen atoms in total. The summed E-state index contributed by atoms with van der Waals surface area (Å²) in [5.74, 6) is 0.261. The minimum absolute atomic E-state index is 0.00860. The topological polar surface area (TPSA) is 63.2 Å². The third-order valence-electron chi connectivity index (χ3n) is 3.10. The average molecular weight is 304 g/mol. The monoisotopic (exact) mass is 303 g/mol. The van der Waals surface area contributed by atoms with E-state index >= 15 is 0 Å². The summed E-state index contributed by atoms with van der Waals surface area (Å²) in [6, 6.07) is 5.57. The van der Waals surface area contributed by atoms with Gasteiger partial charge in [0.15, 0.2) is 0 Å². The highest BCUT2D eigenvalue weighted by Crippen LogP contribution is 2.15. The maximum Gasteiger partial charge on any atom is 0.261 e. The van der Waals surface area contributed by atoms with Crippen molar-refractivity contribution in [2.45, 2.75) is 31.6 Å². The van der Waals surface area contributed by atoms with Crippen molar-refractivity contribution in [3.8, 4) is 0 Å². The van der Waals surface area contributed by atoms with Crippen LogP contribution in [0.1, 0.15) is 37.0 Å². The smallest absolute Gasteiger partial charge is 0.261 e. The third kappa shape index (κ3) is 4.84. The summed E-state index contributed by atoms with van der Waals surface area (Å²) in [4.78, 5) is 11.8. The van der Waals surface area contributed by atoms with E-state index in [0.717, 1.165) is 12.8 Å². The second kappa shape index (κ2) is 6.91.